The Hall–Kier alpha value is -2.65. The molecule has 150 valence electrons. The Balaban J connectivity index is 1.65. The van der Waals surface area contributed by atoms with Crippen molar-refractivity contribution in [2.24, 2.45) is 5.92 Å². The van der Waals surface area contributed by atoms with Gasteiger partial charge in [0.25, 0.3) is 5.91 Å². The normalized spacial score (nSPS) is 24.1. The van der Waals surface area contributed by atoms with E-state index in [1.807, 2.05) is 0 Å². The minimum absolute atomic E-state index is 0.107. The van der Waals surface area contributed by atoms with Gasteiger partial charge in [-0.05, 0) is 25.0 Å². The van der Waals surface area contributed by atoms with Gasteiger partial charge in [-0.3, -0.25) is 4.79 Å². The average Bonchev–Trinajstić information content (AvgIpc) is 3.04. The fraction of sp³-hybridized carbons (Fsp3) is 0.444. The third kappa shape index (κ3) is 3.31. The number of anilines is 2. The van der Waals surface area contributed by atoms with Crippen LogP contribution in [0.25, 0.3) is 0 Å². The van der Waals surface area contributed by atoms with Crippen molar-refractivity contribution in [3.63, 3.8) is 0 Å². The number of nitrogens with one attached hydrogen (secondary N) is 2. The van der Waals surface area contributed by atoms with Crippen LogP contribution in [-0.4, -0.2) is 27.9 Å². The number of halogens is 5. The van der Waals surface area contributed by atoms with Gasteiger partial charge in [-0.25, -0.2) is 13.5 Å². The standard InChI is InChI=1S/C18H17F5N4O/c19-9-5-6-13(11(20)7-9)25-17(28)14-8-15-24-12-4-2-1-3-10(12)16(18(21,22)23)27(15)26-14/h5-8,10,12,16,24H,1-4H2,(H,25,28)/t10?,12?,16-/m0/s1. The molecule has 1 aromatic heterocycles. The summed E-state index contributed by atoms with van der Waals surface area (Å²) in [5.41, 5.74) is -0.564. The molecule has 0 spiro atoms. The van der Waals surface area contributed by atoms with Crippen LogP contribution in [0.15, 0.2) is 24.3 Å². The average molecular weight is 400 g/mol. The van der Waals surface area contributed by atoms with Gasteiger partial charge >= 0.3 is 6.18 Å². The fourth-order valence-corrected chi connectivity index (χ4v) is 4.07. The molecule has 1 amide bonds. The first-order valence-electron chi connectivity index (χ1n) is 8.93. The Morgan fingerprint density at radius 3 is 2.64 bits per heavy atom. The number of alkyl halides is 3. The third-order valence-corrected chi connectivity index (χ3v) is 5.30. The maximum Gasteiger partial charge on any atom is 0.411 e. The van der Waals surface area contributed by atoms with Crippen LogP contribution in [-0.2, 0) is 0 Å². The lowest BCUT2D eigenvalue weighted by molar-refractivity contribution is -0.189. The lowest BCUT2D eigenvalue weighted by Crippen LogP contribution is -2.48. The predicted molar refractivity (Wildman–Crippen MR) is 91.0 cm³/mol. The zero-order valence-corrected chi connectivity index (χ0v) is 14.6. The molecule has 3 atom stereocenters. The smallest absolute Gasteiger partial charge is 0.367 e. The number of nitrogens with zero attached hydrogens (tertiary/aromatic N) is 2. The molecule has 10 heteroatoms. The monoisotopic (exact) mass is 400 g/mol. The van der Waals surface area contributed by atoms with Crippen LogP contribution in [0.4, 0.5) is 33.5 Å². The summed E-state index contributed by atoms with van der Waals surface area (Å²) in [6.45, 7) is 0. The molecule has 1 aliphatic carbocycles. The van der Waals surface area contributed by atoms with Crippen molar-refractivity contribution in [2.75, 3.05) is 10.6 Å². The first-order chi connectivity index (χ1) is 13.2. The van der Waals surface area contributed by atoms with Gasteiger partial charge in [0.2, 0.25) is 0 Å². The Morgan fingerprint density at radius 1 is 1.18 bits per heavy atom. The van der Waals surface area contributed by atoms with E-state index < -0.39 is 35.7 Å². The van der Waals surface area contributed by atoms with Crippen LogP contribution in [0.1, 0.15) is 42.2 Å². The number of carbonyl (C=O) groups is 1. The molecule has 2 unspecified atom stereocenters. The van der Waals surface area contributed by atoms with Gasteiger partial charge in [-0.15, -0.1) is 0 Å². The molecular weight excluding hydrogens is 383 g/mol. The van der Waals surface area contributed by atoms with E-state index in [-0.39, 0.29) is 23.2 Å². The van der Waals surface area contributed by atoms with Crippen molar-refractivity contribution >= 4 is 17.4 Å². The van der Waals surface area contributed by atoms with Gasteiger partial charge < -0.3 is 10.6 Å². The molecule has 28 heavy (non-hydrogen) atoms. The van der Waals surface area contributed by atoms with Crippen LogP contribution in [0.3, 0.4) is 0 Å². The maximum absolute atomic E-state index is 13.8. The first-order valence-corrected chi connectivity index (χ1v) is 8.93. The SMILES string of the molecule is O=C(Nc1ccc(F)cc1F)c1cc2n(n1)[C@H](C(F)(F)F)C1CCCCC1N2. The fourth-order valence-electron chi connectivity index (χ4n) is 4.07. The lowest BCUT2D eigenvalue weighted by Gasteiger charge is -2.43. The minimum atomic E-state index is -4.51. The number of amides is 1. The lowest BCUT2D eigenvalue weighted by atomic mass is 9.78. The molecule has 1 aliphatic heterocycles. The summed E-state index contributed by atoms with van der Waals surface area (Å²) in [5.74, 6) is -3.23. The summed E-state index contributed by atoms with van der Waals surface area (Å²) in [7, 11) is 0. The third-order valence-electron chi connectivity index (χ3n) is 5.30. The summed E-state index contributed by atoms with van der Waals surface area (Å²) in [5, 5.41) is 9.13. The van der Waals surface area contributed by atoms with Crippen molar-refractivity contribution in [1.29, 1.82) is 0 Å². The highest BCUT2D eigenvalue weighted by Gasteiger charge is 2.52. The van der Waals surface area contributed by atoms with Gasteiger partial charge in [-0.2, -0.15) is 18.3 Å². The van der Waals surface area contributed by atoms with E-state index in [2.05, 4.69) is 15.7 Å². The largest absolute Gasteiger partial charge is 0.411 e. The predicted octanol–water partition coefficient (Wildman–Crippen LogP) is 4.50. The molecular formula is C18H17F5N4O. The van der Waals surface area contributed by atoms with Gasteiger partial charge in [0, 0.05) is 24.1 Å². The number of carbonyl (C=O) groups excluding carboxylic acids is 1. The van der Waals surface area contributed by atoms with E-state index in [1.54, 1.807) is 0 Å². The maximum atomic E-state index is 13.8. The van der Waals surface area contributed by atoms with Crippen LogP contribution in [0, 0.1) is 17.6 Å². The van der Waals surface area contributed by atoms with Crippen LogP contribution >= 0.6 is 0 Å². The Kier molecular flexibility index (Phi) is 4.51. The molecule has 1 aromatic carbocycles. The van der Waals surface area contributed by atoms with Crippen molar-refractivity contribution < 1.29 is 26.7 Å². The summed E-state index contributed by atoms with van der Waals surface area (Å²) in [6, 6.07) is 1.65. The second kappa shape index (κ2) is 6.75. The highest BCUT2D eigenvalue weighted by atomic mass is 19.4. The van der Waals surface area contributed by atoms with Gasteiger partial charge in [0.1, 0.15) is 17.5 Å². The van der Waals surface area contributed by atoms with Crippen molar-refractivity contribution in [1.82, 2.24) is 9.78 Å². The molecule has 1 saturated carbocycles. The minimum Gasteiger partial charge on any atom is -0.367 e. The molecule has 2 aromatic rings. The zero-order chi connectivity index (χ0) is 20.1. The second-order valence-corrected chi connectivity index (χ2v) is 7.12. The summed E-state index contributed by atoms with van der Waals surface area (Å²) < 4.78 is 68.8. The summed E-state index contributed by atoms with van der Waals surface area (Å²) in [6.07, 6.45) is -1.93. The van der Waals surface area contributed by atoms with E-state index in [1.165, 1.54) is 6.07 Å². The first kappa shape index (κ1) is 18.7. The van der Waals surface area contributed by atoms with Crippen molar-refractivity contribution in [2.45, 2.75) is 43.9 Å². The number of aromatic nitrogens is 2. The van der Waals surface area contributed by atoms with E-state index >= 15 is 0 Å². The Morgan fingerprint density at radius 2 is 1.93 bits per heavy atom. The molecule has 0 saturated heterocycles. The molecule has 5 nitrogen and oxygen atoms in total. The number of hydrogen-bond acceptors (Lipinski definition) is 3. The van der Waals surface area contributed by atoms with E-state index in [0.29, 0.717) is 25.3 Å². The Bertz CT molecular complexity index is 910. The molecule has 0 bridgehead atoms. The topological polar surface area (TPSA) is 59.0 Å². The molecule has 4 rings (SSSR count). The summed E-state index contributed by atoms with van der Waals surface area (Å²) >= 11 is 0. The molecule has 1 fully saturated rings. The van der Waals surface area contributed by atoms with E-state index in [0.717, 1.165) is 23.2 Å². The number of rotatable bonds is 2. The molecule has 2 heterocycles. The number of fused-ring (bicyclic) bond motifs is 2. The van der Waals surface area contributed by atoms with Gasteiger partial charge in [-0.1, -0.05) is 12.8 Å². The van der Waals surface area contributed by atoms with Crippen LogP contribution < -0.4 is 10.6 Å². The van der Waals surface area contributed by atoms with Crippen LogP contribution in [0.2, 0.25) is 0 Å². The quantitative estimate of drug-likeness (QED) is 0.730. The second-order valence-electron chi connectivity index (χ2n) is 7.12. The number of hydrogen-bond donors (Lipinski definition) is 2. The highest BCUT2D eigenvalue weighted by molar-refractivity contribution is 6.03. The highest BCUT2D eigenvalue weighted by Crippen LogP contribution is 2.47. The van der Waals surface area contributed by atoms with Crippen molar-refractivity contribution in [3.8, 4) is 0 Å². The zero-order valence-electron chi connectivity index (χ0n) is 14.6. The van der Waals surface area contributed by atoms with Crippen molar-refractivity contribution in [3.05, 3.63) is 41.6 Å². The van der Waals surface area contributed by atoms with Crippen LogP contribution in [0.5, 0.6) is 0 Å². The van der Waals surface area contributed by atoms with E-state index in [9.17, 15) is 26.7 Å². The molecule has 2 aliphatic rings. The van der Waals surface area contributed by atoms with Gasteiger partial charge in [0.15, 0.2) is 11.7 Å². The van der Waals surface area contributed by atoms with E-state index in [4.69, 9.17) is 0 Å². The molecule has 0 radical (unpaired) electrons. The summed E-state index contributed by atoms with van der Waals surface area (Å²) in [4.78, 5) is 12.4. The van der Waals surface area contributed by atoms with Gasteiger partial charge in [0.05, 0.1) is 5.69 Å². The molecule has 2 N–H and O–H groups in total. The Labute approximate surface area is 156 Å². The number of benzene rings is 1.